The molecular formula is C98H154Br2F6IN6O22P+2. The topological polar surface area (TPSA) is 369 Å². The molecule has 0 radical (unpaired) electrons. The molecule has 0 saturated carbocycles. The van der Waals surface area contributed by atoms with E-state index in [2.05, 4.69) is 230 Å². The van der Waals surface area contributed by atoms with E-state index in [0.29, 0.717) is 39.5 Å². The van der Waals surface area contributed by atoms with Gasteiger partial charge in [-0.15, -0.1) is 0 Å². The summed E-state index contributed by atoms with van der Waals surface area (Å²) in [5.74, 6) is -13.0. The lowest BCUT2D eigenvalue weighted by molar-refractivity contribution is -0.936. The number of carboxylic acids is 7. The van der Waals surface area contributed by atoms with E-state index in [1.165, 1.54) is 113 Å². The number of carbonyl (C=O) groups excluding carboxylic acids is 1. The summed E-state index contributed by atoms with van der Waals surface area (Å²) in [6.45, 7) is 37.8. The second-order valence-corrected chi connectivity index (χ2v) is 34.4. The number of halogens is 9. The number of aromatic carboxylic acids is 2. The molecule has 0 bridgehead atoms. The van der Waals surface area contributed by atoms with Gasteiger partial charge in [0, 0.05) is 123 Å². The summed E-state index contributed by atoms with van der Waals surface area (Å²) < 4.78 is 106. The lowest BCUT2D eigenvalue weighted by Gasteiger charge is -2.35. The molecule has 0 saturated heterocycles. The van der Waals surface area contributed by atoms with Gasteiger partial charge in [0.25, 0.3) is 0 Å². The molecule has 0 aliphatic rings. The molecule has 7 aromatic rings. The highest BCUT2D eigenvalue weighted by molar-refractivity contribution is 7.95. The molecule has 774 valence electrons. The number of aryl methyl sites for hydroxylation is 4. The van der Waals surface area contributed by atoms with Crippen molar-refractivity contribution in [1.82, 2.24) is 4.98 Å². The summed E-state index contributed by atoms with van der Waals surface area (Å²) in [7, 11) is 13.3. The monoisotopic (exact) mass is 2200 g/mol. The highest BCUT2D eigenvalue weighted by Crippen LogP contribution is 2.54. The van der Waals surface area contributed by atoms with Crippen LogP contribution in [-0.4, -0.2) is 276 Å². The third-order valence-electron chi connectivity index (χ3n) is 20.8. The zero-order valence-corrected chi connectivity index (χ0v) is 87.8. The van der Waals surface area contributed by atoms with E-state index in [1.54, 1.807) is 28.4 Å². The Morgan fingerprint density at radius 2 is 0.860 bits per heavy atom. The van der Waals surface area contributed by atoms with Gasteiger partial charge >= 0.3 is 48.2 Å². The Kier molecular flexibility index (Phi) is 85.5. The van der Waals surface area contributed by atoms with Crippen LogP contribution in [0.25, 0.3) is 0 Å². The molecule has 0 unspecified atom stereocenters. The second-order valence-electron chi connectivity index (χ2n) is 30.6. The van der Waals surface area contributed by atoms with Crippen molar-refractivity contribution in [3.8, 4) is 5.75 Å². The Bertz CT molecular complexity index is 4010. The number of aromatic nitrogens is 3. The molecular weight excluding hydrogens is 2040 g/mol. The number of carboxylic acid groups (broad SMARTS) is 7. The van der Waals surface area contributed by atoms with Crippen LogP contribution < -0.4 is 92.8 Å². The highest BCUT2D eigenvalue weighted by atomic mass is 127. The maximum absolute atomic E-state index is 10.9. The summed E-state index contributed by atoms with van der Waals surface area (Å²) >= 11 is 0. The molecule has 136 heavy (non-hydrogen) atoms. The lowest BCUT2D eigenvalue weighted by atomic mass is 10.1. The van der Waals surface area contributed by atoms with Gasteiger partial charge in [-0.05, 0) is 148 Å². The summed E-state index contributed by atoms with van der Waals surface area (Å²) in [5, 5.41) is 72.3. The van der Waals surface area contributed by atoms with Gasteiger partial charge in [-0.25, -0.2) is 28.5 Å². The van der Waals surface area contributed by atoms with Crippen LogP contribution in [0.15, 0.2) is 176 Å². The number of pyridine rings is 3. The Hall–Kier alpha value is -8.28. The average molecular weight is 2200 g/mol. The zero-order valence-electron chi connectivity index (χ0n) is 81.5. The van der Waals surface area contributed by atoms with Crippen molar-refractivity contribution in [2.45, 2.75) is 173 Å². The molecule has 38 heteroatoms. The molecule has 0 fully saturated rings. The summed E-state index contributed by atoms with van der Waals surface area (Å²) in [6.07, 6.45) is 4.03. The maximum atomic E-state index is 10.9. The van der Waals surface area contributed by atoms with Crippen molar-refractivity contribution in [2.24, 2.45) is 5.92 Å². The van der Waals surface area contributed by atoms with Crippen LogP contribution in [0.1, 0.15) is 164 Å². The Morgan fingerprint density at radius 1 is 0.463 bits per heavy atom. The Labute approximate surface area is 841 Å². The first-order valence-electron chi connectivity index (χ1n) is 44.1. The third-order valence-corrected chi connectivity index (χ3v) is 25.3. The fourth-order valence-corrected chi connectivity index (χ4v) is 16.1. The molecule has 4 aromatic carbocycles. The molecule has 0 atom stereocenters. The largest absolute Gasteiger partial charge is 1.00 e. The first kappa shape index (κ1) is 141. The number of aliphatic hydroxyl groups excluding tert-OH is 1. The molecule has 0 aliphatic heterocycles. The predicted molar refractivity (Wildman–Crippen MR) is 504 cm³/mol. The molecule has 0 aliphatic carbocycles. The lowest BCUT2D eigenvalue weighted by Crippen LogP contribution is -3.00. The van der Waals surface area contributed by atoms with Crippen LogP contribution in [0.5, 0.6) is 5.75 Å². The van der Waals surface area contributed by atoms with E-state index >= 15 is 0 Å². The summed E-state index contributed by atoms with van der Waals surface area (Å²) in [4.78, 5) is 74.1. The van der Waals surface area contributed by atoms with Crippen molar-refractivity contribution in [3.05, 3.63) is 210 Å². The number of nitrogens with zero attached hydrogens (tertiary/aromatic N) is 6. The van der Waals surface area contributed by atoms with Crippen molar-refractivity contribution in [2.75, 3.05) is 168 Å². The number of quaternary nitrogens is 3. The van der Waals surface area contributed by atoms with Gasteiger partial charge in [0.2, 0.25) is 0 Å². The van der Waals surface area contributed by atoms with E-state index < -0.39 is 67.3 Å². The Balaban J connectivity index is -0.000000277. The molecule has 7 rings (SSSR count). The normalized spacial score (nSPS) is 10.7. The minimum Gasteiger partial charge on any atom is -1.00 e. The fourth-order valence-electron chi connectivity index (χ4n) is 12.0. The van der Waals surface area contributed by atoms with Gasteiger partial charge in [0.15, 0.2) is 54.7 Å². The van der Waals surface area contributed by atoms with Gasteiger partial charge in [-0.2, -0.15) is 26.3 Å². The van der Waals surface area contributed by atoms with E-state index in [9.17, 15) is 50.3 Å². The molecule has 7 N–H and O–H groups in total. The minimum absolute atomic E-state index is 0. The molecule has 3 aromatic heterocycles. The van der Waals surface area contributed by atoms with Crippen LogP contribution in [0.3, 0.4) is 0 Å². The number of aliphatic carboxylic acids is 5. The number of unbranched alkanes of at least 4 members (excludes halogenated alkanes) is 2. The molecule has 3 heterocycles. The number of hydrogen-bond donors (Lipinski definition) is 7. The van der Waals surface area contributed by atoms with Gasteiger partial charge in [0.1, 0.15) is 41.4 Å². The minimum atomic E-state index is -5.19. The van der Waals surface area contributed by atoms with Crippen LogP contribution in [0, 0.1) is 5.92 Å². The van der Waals surface area contributed by atoms with Crippen LogP contribution in [0.2, 0.25) is 0 Å². The quantitative estimate of drug-likeness (QED) is 0.00510. The van der Waals surface area contributed by atoms with E-state index in [1.807, 2.05) is 36.7 Å². The molecule has 0 spiro atoms. The van der Waals surface area contributed by atoms with Gasteiger partial charge in [0.05, 0.1) is 119 Å². The zero-order chi connectivity index (χ0) is 101. The van der Waals surface area contributed by atoms with Crippen molar-refractivity contribution in [1.29, 1.82) is 0 Å². The first-order valence-corrected chi connectivity index (χ1v) is 46.1. The molecule has 28 nitrogen and oxygen atoms in total. The number of methoxy groups -OCH3 is 5. The number of alkyl halides is 6. The van der Waals surface area contributed by atoms with E-state index in [0.717, 1.165) is 94.0 Å². The molecule has 0 amide bonds. The average Bonchev–Trinajstić information content (AvgIpc) is 0.759. The maximum Gasteiger partial charge on any atom is 0.490 e. The Morgan fingerprint density at radius 3 is 1.21 bits per heavy atom. The predicted octanol–water partition coefficient (Wildman–Crippen LogP) is 4.85. The van der Waals surface area contributed by atoms with Crippen molar-refractivity contribution in [3.63, 3.8) is 0 Å². The van der Waals surface area contributed by atoms with Crippen molar-refractivity contribution < 1.29 is 214 Å². The number of rotatable bonds is 47. The highest BCUT2D eigenvalue weighted by Gasteiger charge is 2.43. The second kappa shape index (κ2) is 82.6. The van der Waals surface area contributed by atoms with E-state index in [4.69, 9.17) is 78.9 Å². The van der Waals surface area contributed by atoms with E-state index in [-0.39, 0.29) is 109 Å². The number of carbonyl (C=O) groups is 7. The number of hydrogen-bond acceptors (Lipinski definition) is 17. The van der Waals surface area contributed by atoms with Gasteiger partial charge in [-0.3, -0.25) is 14.4 Å². The summed E-state index contributed by atoms with van der Waals surface area (Å²) in [6, 6.07) is 54.4. The first-order chi connectivity index (χ1) is 62.5. The van der Waals surface area contributed by atoms with Crippen LogP contribution in [-0.2, 0) is 91.5 Å². The fraction of sp³-hybridized carbons (Fsp3) is 0.531. The SMILES string of the molecule is C.CC[N+](C)(C)C.CC[N+](CC)(CC)CC.CC[N+](CC)(CC)Cc1ccc(COC)cc1.CC[P+](c1ccccc1)(c1ccccc1)c1ccccc1.COCCCCCOc1cc(C(=O)O)nc(C(=O)O)c1.COCCC[n+]1ccc(CCC(=O)O)cc1.COCCC[n+]1ccccc1CCCO.COCCOCCC(C(=O)O)C(=O)O.O=C(O)C(F)(F)F.O=C([O-])C(F)(F)F.[Br-].[Br-].[I-]. The number of benzene rings is 4. The van der Waals surface area contributed by atoms with Gasteiger partial charge < -0.3 is 150 Å². The smallest absolute Gasteiger partial charge is 0.490 e. The van der Waals surface area contributed by atoms with Gasteiger partial charge in [-0.1, -0.05) is 92.4 Å². The van der Waals surface area contributed by atoms with Crippen LogP contribution >= 0.6 is 7.26 Å². The third kappa shape index (κ3) is 64.8. The standard InChI is InChI=1S/C20H20P.C15H26NO.C13H17NO6.C12H17NO3.C12H20NO2.C8H20N.C8H14O6.C5H14N.2C2HF3O2.CH4.2BrH.HI/c1-2-21(18-12-6-3-7-13-18,19-14-8-4-9-15-19)20-16-10-5-11-17-20;1-5-16(6-2,7-3)12-14-8-10-15(11-9-14)13-17-4;1-19-5-3-2-4-6-20-9-7-10(12(15)16)14-11(8-9)13(17)18;1-16-10-2-7-13-8-5-11(6-9-13)3-4-12(14)15;1-15-11-5-9-13-8-3-2-6-12(13)7-4-10-14;1-5-9(6-2,7-3)8-4;1-13-4-5-14-3-2-6(7(9)10)8(11)12;1-5-6(2,3)4;2*3-2(4,5)1(6)7;;;;/h3-17H,2H2,1H3;8-11H,5-7,12-13H2,1-4H3;7-8H,2-6H2,1H3,(H,15,16)(H,17,18);5-6,8-9H,2-4,7,10H2,1H3;2-3,6,8,14H,4-5,7,9-11H2,1H3;5-8H2,1-4H3;6H,2-5H2,1H3,(H,9,10)(H,11,12);5H2,1-4H3;2*(H,6,7);1H4;3*1H/q2*+1;;;2*+1;;+1;;;;;;/p-3. The number of ether oxygens (including phenoxy) is 7. The van der Waals surface area contributed by atoms with Crippen LogP contribution in [0.4, 0.5) is 26.3 Å². The number of aliphatic hydroxyl groups is 1. The van der Waals surface area contributed by atoms with Crippen molar-refractivity contribution >= 4 is 65.0 Å². The summed E-state index contributed by atoms with van der Waals surface area (Å²) in [5.41, 5.74) is 4.32.